The van der Waals surface area contributed by atoms with Crippen LogP contribution < -0.4 is 9.47 Å². The molecule has 0 unspecified atom stereocenters. The topological polar surface area (TPSA) is 65.1 Å². The van der Waals surface area contributed by atoms with E-state index in [2.05, 4.69) is 0 Å². The normalized spacial score (nSPS) is 21.5. The Bertz CT molecular complexity index is 880. The number of allylic oxidation sites excluding steroid dienone is 1. The van der Waals surface area contributed by atoms with E-state index >= 15 is 0 Å². The molecule has 0 amide bonds. The number of hydrogen-bond acceptors (Lipinski definition) is 5. The smallest absolute Gasteiger partial charge is 0.308 e. The van der Waals surface area contributed by atoms with Crippen molar-refractivity contribution in [3.8, 4) is 11.5 Å². The van der Waals surface area contributed by atoms with E-state index in [-0.39, 0.29) is 18.0 Å². The molecule has 1 saturated heterocycles. The van der Waals surface area contributed by atoms with Crippen LogP contribution in [0.1, 0.15) is 38.8 Å². The van der Waals surface area contributed by atoms with Gasteiger partial charge < -0.3 is 14.2 Å². The molecule has 1 aliphatic heterocycles. The van der Waals surface area contributed by atoms with Crippen molar-refractivity contribution in [3.05, 3.63) is 65.7 Å². The van der Waals surface area contributed by atoms with E-state index in [1.807, 2.05) is 44.2 Å². The lowest BCUT2D eigenvalue weighted by atomic mass is 9.84. The maximum atomic E-state index is 11.1. The first-order valence-electron chi connectivity index (χ1n) is 8.79. The molecule has 0 spiro atoms. The number of ether oxygens (including phenoxy) is 3. The second-order valence-corrected chi connectivity index (χ2v) is 6.43. The molecule has 1 heterocycles. The van der Waals surface area contributed by atoms with Crippen molar-refractivity contribution in [1.82, 2.24) is 0 Å². The van der Waals surface area contributed by atoms with Gasteiger partial charge in [-0.25, -0.2) is 0 Å². The van der Waals surface area contributed by atoms with Gasteiger partial charge in [-0.2, -0.15) is 0 Å². The lowest BCUT2D eigenvalue weighted by molar-refractivity contribution is -0.132. The highest BCUT2D eigenvalue weighted by atomic mass is 16.6. The SMILES string of the molecule is C/C=C(\c1ccc(OC(C)=O)cc1)[C@@]1(c2ccc(OC(C)=O)cc2)O[C@@H]1C. The highest BCUT2D eigenvalue weighted by molar-refractivity contribution is 5.78. The third-order valence-electron chi connectivity index (χ3n) is 4.54. The Balaban J connectivity index is 1.91. The summed E-state index contributed by atoms with van der Waals surface area (Å²) in [6, 6.07) is 14.7. The Hall–Kier alpha value is -2.92. The number of epoxide rings is 1. The summed E-state index contributed by atoms with van der Waals surface area (Å²) < 4.78 is 16.3. The summed E-state index contributed by atoms with van der Waals surface area (Å²) in [6.45, 7) is 6.74. The van der Waals surface area contributed by atoms with Crippen LogP contribution in [-0.2, 0) is 19.9 Å². The Morgan fingerprint density at radius 1 is 0.926 bits per heavy atom. The molecule has 0 saturated carbocycles. The minimum Gasteiger partial charge on any atom is -0.427 e. The number of benzene rings is 2. The zero-order chi connectivity index (χ0) is 19.6. The third-order valence-corrected chi connectivity index (χ3v) is 4.54. The van der Waals surface area contributed by atoms with Gasteiger partial charge in [-0.05, 0) is 54.8 Å². The number of esters is 2. The minimum atomic E-state index is -0.549. The first-order chi connectivity index (χ1) is 12.9. The quantitative estimate of drug-likeness (QED) is 0.449. The monoisotopic (exact) mass is 366 g/mol. The molecule has 3 rings (SSSR count). The summed E-state index contributed by atoms with van der Waals surface area (Å²) in [5, 5.41) is 0. The number of hydrogen-bond donors (Lipinski definition) is 0. The molecular weight excluding hydrogens is 344 g/mol. The molecule has 0 bridgehead atoms. The van der Waals surface area contributed by atoms with Crippen molar-refractivity contribution in [2.45, 2.75) is 39.4 Å². The Labute approximate surface area is 158 Å². The largest absolute Gasteiger partial charge is 0.427 e. The summed E-state index contributed by atoms with van der Waals surface area (Å²) in [4.78, 5) is 22.2. The van der Waals surface area contributed by atoms with Crippen LogP contribution in [0.4, 0.5) is 0 Å². The number of carbonyl (C=O) groups excluding carboxylic acids is 2. The molecule has 1 fully saturated rings. The van der Waals surface area contributed by atoms with Gasteiger partial charge in [0.25, 0.3) is 0 Å². The molecule has 0 N–H and O–H groups in total. The average molecular weight is 366 g/mol. The van der Waals surface area contributed by atoms with E-state index in [0.29, 0.717) is 11.5 Å². The fourth-order valence-electron chi connectivity index (χ4n) is 3.39. The molecule has 140 valence electrons. The molecular formula is C22H22O5. The molecule has 27 heavy (non-hydrogen) atoms. The van der Waals surface area contributed by atoms with Gasteiger partial charge in [0.05, 0.1) is 6.10 Å². The van der Waals surface area contributed by atoms with Crippen molar-refractivity contribution in [2.24, 2.45) is 0 Å². The highest BCUT2D eigenvalue weighted by Crippen LogP contribution is 2.55. The van der Waals surface area contributed by atoms with Gasteiger partial charge in [0, 0.05) is 13.8 Å². The predicted molar refractivity (Wildman–Crippen MR) is 101 cm³/mol. The maximum absolute atomic E-state index is 11.1. The van der Waals surface area contributed by atoms with Gasteiger partial charge >= 0.3 is 11.9 Å². The molecule has 2 atom stereocenters. The van der Waals surface area contributed by atoms with Crippen LogP contribution in [0, 0.1) is 0 Å². The summed E-state index contributed by atoms with van der Waals surface area (Å²) >= 11 is 0. The lowest BCUT2D eigenvalue weighted by Crippen LogP contribution is -2.15. The first kappa shape index (κ1) is 18.9. The fourth-order valence-corrected chi connectivity index (χ4v) is 3.39. The second-order valence-electron chi connectivity index (χ2n) is 6.43. The van der Waals surface area contributed by atoms with E-state index < -0.39 is 5.60 Å². The highest BCUT2D eigenvalue weighted by Gasteiger charge is 2.57. The molecule has 5 heteroatoms. The van der Waals surface area contributed by atoms with Crippen LogP contribution >= 0.6 is 0 Å². The standard InChI is InChI=1S/C22H22O5/c1-5-21(17-6-10-19(11-7-17)25-15(3)23)22(14(2)27-22)18-8-12-20(13-9-18)26-16(4)24/h5-14H,1-4H3/b21-5+/t14-,22-/m1/s1. The van der Waals surface area contributed by atoms with E-state index in [4.69, 9.17) is 14.2 Å². The van der Waals surface area contributed by atoms with Crippen LogP contribution in [0.25, 0.3) is 5.57 Å². The summed E-state index contributed by atoms with van der Waals surface area (Å²) in [6.07, 6.45) is 2.04. The number of rotatable bonds is 5. The Kier molecular flexibility index (Phi) is 5.15. The predicted octanol–water partition coefficient (Wildman–Crippen LogP) is 4.25. The van der Waals surface area contributed by atoms with Gasteiger partial charge in [0.15, 0.2) is 0 Å². The minimum absolute atomic E-state index is 0.0106. The van der Waals surface area contributed by atoms with Crippen molar-refractivity contribution in [3.63, 3.8) is 0 Å². The van der Waals surface area contributed by atoms with E-state index in [1.165, 1.54) is 13.8 Å². The van der Waals surface area contributed by atoms with Gasteiger partial charge in [0.2, 0.25) is 0 Å². The third kappa shape index (κ3) is 3.78. The fraction of sp³-hybridized carbons (Fsp3) is 0.273. The lowest BCUT2D eigenvalue weighted by Gasteiger charge is -2.19. The number of carbonyl (C=O) groups is 2. The summed E-state index contributed by atoms with van der Waals surface area (Å²) in [5.74, 6) is 0.307. The molecule has 0 aliphatic carbocycles. The molecule has 0 radical (unpaired) electrons. The zero-order valence-electron chi connectivity index (χ0n) is 15.8. The van der Waals surface area contributed by atoms with Crippen LogP contribution in [0.2, 0.25) is 0 Å². The molecule has 2 aromatic carbocycles. The van der Waals surface area contributed by atoms with E-state index in [1.54, 1.807) is 24.3 Å². The van der Waals surface area contributed by atoms with Crippen LogP contribution in [0.3, 0.4) is 0 Å². The Morgan fingerprint density at radius 2 is 1.37 bits per heavy atom. The first-order valence-corrected chi connectivity index (χ1v) is 8.79. The van der Waals surface area contributed by atoms with Gasteiger partial charge in [-0.1, -0.05) is 30.3 Å². The summed E-state index contributed by atoms with van der Waals surface area (Å²) in [5.41, 5.74) is 2.46. The van der Waals surface area contributed by atoms with Crippen molar-refractivity contribution in [2.75, 3.05) is 0 Å². The molecule has 5 nitrogen and oxygen atoms in total. The van der Waals surface area contributed by atoms with Crippen molar-refractivity contribution in [1.29, 1.82) is 0 Å². The van der Waals surface area contributed by atoms with E-state index in [9.17, 15) is 9.59 Å². The molecule has 1 aliphatic rings. The van der Waals surface area contributed by atoms with Gasteiger partial charge in [-0.3, -0.25) is 9.59 Å². The van der Waals surface area contributed by atoms with Crippen molar-refractivity contribution >= 4 is 17.5 Å². The second kappa shape index (κ2) is 7.37. The van der Waals surface area contributed by atoms with Crippen LogP contribution in [0.15, 0.2) is 54.6 Å². The Morgan fingerprint density at radius 3 is 1.74 bits per heavy atom. The van der Waals surface area contributed by atoms with Crippen LogP contribution in [0.5, 0.6) is 11.5 Å². The van der Waals surface area contributed by atoms with Crippen molar-refractivity contribution < 1.29 is 23.8 Å². The average Bonchev–Trinajstić information content (AvgIpc) is 3.28. The van der Waals surface area contributed by atoms with E-state index in [0.717, 1.165) is 16.7 Å². The maximum Gasteiger partial charge on any atom is 0.308 e. The zero-order valence-corrected chi connectivity index (χ0v) is 15.8. The molecule has 2 aromatic rings. The van der Waals surface area contributed by atoms with Gasteiger partial charge in [-0.15, -0.1) is 0 Å². The molecule has 0 aromatic heterocycles. The van der Waals surface area contributed by atoms with Gasteiger partial charge in [0.1, 0.15) is 17.1 Å². The summed E-state index contributed by atoms with van der Waals surface area (Å²) in [7, 11) is 0. The van der Waals surface area contributed by atoms with Crippen LogP contribution in [-0.4, -0.2) is 18.0 Å².